The zero-order valence-electron chi connectivity index (χ0n) is 15.9. The van der Waals surface area contributed by atoms with Gasteiger partial charge in [0.1, 0.15) is 0 Å². The number of rotatable bonds is 7. The Hall–Kier alpha value is -3.45. The average Bonchev–Trinajstić information content (AvgIpc) is 2.97. The smallest absolute Gasteiger partial charge is 0.335 e. The average molecular weight is 424 g/mol. The molecule has 152 valence electrons. The highest BCUT2D eigenvalue weighted by Gasteiger charge is 2.35. The predicted molar refractivity (Wildman–Crippen MR) is 113 cm³/mol. The van der Waals surface area contributed by atoms with Crippen molar-refractivity contribution in [2.45, 2.75) is 12.8 Å². The summed E-state index contributed by atoms with van der Waals surface area (Å²) in [6.45, 7) is 0.942. The second-order valence-electron chi connectivity index (χ2n) is 6.98. The van der Waals surface area contributed by atoms with Gasteiger partial charge in [-0.3, -0.25) is 19.5 Å². The van der Waals surface area contributed by atoms with Crippen LogP contribution in [0.1, 0.15) is 43.9 Å². The molecule has 2 aromatic carbocycles. The van der Waals surface area contributed by atoms with Crippen LogP contribution in [0.25, 0.3) is 10.9 Å². The number of hydrogen-bond acceptors (Lipinski definition) is 5. The van der Waals surface area contributed by atoms with E-state index >= 15 is 0 Å². The van der Waals surface area contributed by atoms with Crippen molar-refractivity contribution in [3.63, 3.8) is 0 Å². The van der Waals surface area contributed by atoms with Crippen LogP contribution in [0.4, 0.5) is 5.69 Å². The normalized spacial score (nSPS) is 13.0. The van der Waals surface area contributed by atoms with Crippen molar-refractivity contribution < 1.29 is 19.5 Å². The van der Waals surface area contributed by atoms with E-state index in [1.165, 1.54) is 23.1 Å². The fourth-order valence-electron chi connectivity index (χ4n) is 3.52. The summed E-state index contributed by atoms with van der Waals surface area (Å²) in [5.41, 5.74) is 2.15. The Morgan fingerprint density at radius 2 is 1.83 bits per heavy atom. The number of hydrogen-bond donors (Lipinski definition) is 2. The van der Waals surface area contributed by atoms with E-state index in [-0.39, 0.29) is 29.1 Å². The molecule has 1 aliphatic rings. The van der Waals surface area contributed by atoms with Crippen LogP contribution in [-0.4, -0.2) is 45.9 Å². The highest BCUT2D eigenvalue weighted by molar-refractivity contribution is 6.31. The zero-order valence-corrected chi connectivity index (χ0v) is 16.6. The van der Waals surface area contributed by atoms with E-state index in [0.717, 1.165) is 23.0 Å². The van der Waals surface area contributed by atoms with Gasteiger partial charge in [0.15, 0.2) is 0 Å². The van der Waals surface area contributed by atoms with Crippen LogP contribution in [0.5, 0.6) is 0 Å². The number of amides is 2. The number of imide groups is 1. The quantitative estimate of drug-likeness (QED) is 0.439. The lowest BCUT2D eigenvalue weighted by Gasteiger charge is -2.14. The third-order valence-corrected chi connectivity index (χ3v) is 5.28. The number of nitrogens with zero attached hydrogens (tertiary/aromatic N) is 2. The number of anilines is 1. The zero-order chi connectivity index (χ0) is 21.3. The number of aromatic carboxylic acids is 1. The van der Waals surface area contributed by atoms with Crippen molar-refractivity contribution in [2.24, 2.45) is 0 Å². The summed E-state index contributed by atoms with van der Waals surface area (Å²) in [7, 11) is 0. The van der Waals surface area contributed by atoms with Crippen LogP contribution >= 0.6 is 11.6 Å². The third-order valence-electron chi connectivity index (χ3n) is 5.05. The lowest BCUT2D eigenvalue weighted by molar-refractivity contribution is 0.0650. The van der Waals surface area contributed by atoms with Gasteiger partial charge in [-0.2, -0.15) is 0 Å². The highest BCUT2D eigenvalue weighted by atomic mass is 35.5. The van der Waals surface area contributed by atoms with Gasteiger partial charge in [-0.05, 0) is 55.3 Å². The Morgan fingerprint density at radius 1 is 1.03 bits per heavy atom. The molecule has 4 rings (SSSR count). The molecule has 0 atom stereocenters. The molecule has 0 fully saturated rings. The molecule has 7 nitrogen and oxygen atoms in total. The van der Waals surface area contributed by atoms with Crippen molar-refractivity contribution in [1.29, 1.82) is 0 Å². The monoisotopic (exact) mass is 423 g/mol. The van der Waals surface area contributed by atoms with Crippen LogP contribution in [0, 0.1) is 0 Å². The van der Waals surface area contributed by atoms with Crippen molar-refractivity contribution in [2.75, 3.05) is 18.4 Å². The number of benzene rings is 2. The molecule has 0 saturated heterocycles. The maximum Gasteiger partial charge on any atom is 0.335 e. The molecule has 0 unspecified atom stereocenters. The van der Waals surface area contributed by atoms with Gasteiger partial charge in [0, 0.05) is 35.4 Å². The van der Waals surface area contributed by atoms with Crippen molar-refractivity contribution in [3.8, 4) is 0 Å². The summed E-state index contributed by atoms with van der Waals surface area (Å²) < 4.78 is 0. The topological polar surface area (TPSA) is 99.6 Å². The maximum atomic E-state index is 12.5. The van der Waals surface area contributed by atoms with Gasteiger partial charge in [-0.15, -0.1) is 0 Å². The molecule has 8 heteroatoms. The number of carboxylic acid groups (broad SMARTS) is 1. The molecule has 2 heterocycles. The van der Waals surface area contributed by atoms with Gasteiger partial charge in [-0.1, -0.05) is 11.6 Å². The largest absolute Gasteiger partial charge is 0.478 e. The minimum Gasteiger partial charge on any atom is -0.478 e. The Balaban J connectivity index is 1.34. The first kappa shape index (κ1) is 19.8. The molecule has 0 aliphatic carbocycles. The molecule has 0 saturated carbocycles. The van der Waals surface area contributed by atoms with E-state index in [1.807, 2.05) is 18.2 Å². The van der Waals surface area contributed by atoms with Crippen molar-refractivity contribution >= 4 is 46.0 Å². The predicted octanol–water partition coefficient (Wildman–Crippen LogP) is 4.07. The summed E-state index contributed by atoms with van der Waals surface area (Å²) in [6.07, 6.45) is 3.08. The standard InChI is InChI=1S/C22H18ClN3O4/c23-14-4-6-16-18(7-9-25-19(16)12-14)24-8-1-2-10-26-20(27)15-5-3-13(22(29)30)11-17(15)21(26)28/h3-7,9,11-12H,1-2,8,10H2,(H,24,25)(H,29,30). The van der Waals surface area contributed by atoms with E-state index in [9.17, 15) is 14.4 Å². The molecule has 0 spiro atoms. The van der Waals surface area contributed by atoms with Crippen LogP contribution in [0.15, 0.2) is 48.7 Å². The van der Waals surface area contributed by atoms with E-state index in [4.69, 9.17) is 16.7 Å². The van der Waals surface area contributed by atoms with Gasteiger partial charge in [-0.25, -0.2) is 4.79 Å². The summed E-state index contributed by atoms with van der Waals surface area (Å²) in [5.74, 6) is -1.95. The molecule has 0 radical (unpaired) electrons. The van der Waals surface area contributed by atoms with Gasteiger partial charge in [0.25, 0.3) is 11.8 Å². The summed E-state index contributed by atoms with van der Waals surface area (Å²) >= 11 is 6.01. The molecule has 1 aliphatic heterocycles. The molecular weight excluding hydrogens is 406 g/mol. The summed E-state index contributed by atoms with van der Waals surface area (Å²) in [5, 5.41) is 14.0. The molecule has 2 amide bonds. The van der Waals surface area contributed by atoms with E-state index in [0.29, 0.717) is 18.0 Å². The summed E-state index contributed by atoms with van der Waals surface area (Å²) in [4.78, 5) is 41.6. The molecule has 1 aromatic heterocycles. The molecule has 3 aromatic rings. The molecule has 2 N–H and O–H groups in total. The van der Waals surface area contributed by atoms with Crippen LogP contribution in [0.3, 0.4) is 0 Å². The maximum absolute atomic E-state index is 12.5. The van der Waals surface area contributed by atoms with Gasteiger partial charge in [0.05, 0.1) is 22.2 Å². The highest BCUT2D eigenvalue weighted by Crippen LogP contribution is 2.26. The second-order valence-corrected chi connectivity index (χ2v) is 7.42. The fourth-order valence-corrected chi connectivity index (χ4v) is 3.69. The van der Waals surface area contributed by atoms with E-state index in [2.05, 4.69) is 10.3 Å². The Bertz CT molecular complexity index is 1180. The first-order valence-corrected chi connectivity index (χ1v) is 9.85. The minimum atomic E-state index is -1.13. The van der Waals surface area contributed by atoms with E-state index in [1.54, 1.807) is 12.3 Å². The number of halogens is 1. The van der Waals surface area contributed by atoms with Gasteiger partial charge < -0.3 is 10.4 Å². The number of pyridine rings is 1. The number of fused-ring (bicyclic) bond motifs is 2. The number of carbonyl (C=O) groups is 3. The molecular formula is C22H18ClN3O4. The second kappa shape index (κ2) is 8.12. The number of carboxylic acids is 1. The van der Waals surface area contributed by atoms with E-state index < -0.39 is 11.9 Å². The van der Waals surface area contributed by atoms with Crippen molar-refractivity contribution in [3.05, 3.63) is 70.4 Å². The number of nitrogens with one attached hydrogen (secondary N) is 1. The van der Waals surface area contributed by atoms with Crippen LogP contribution in [0.2, 0.25) is 5.02 Å². The number of unbranched alkanes of at least 4 members (excludes halogenated alkanes) is 1. The van der Waals surface area contributed by atoms with Gasteiger partial charge in [0.2, 0.25) is 0 Å². The minimum absolute atomic E-state index is 0.00758. The Labute approximate surface area is 177 Å². The van der Waals surface area contributed by atoms with Gasteiger partial charge >= 0.3 is 5.97 Å². The summed E-state index contributed by atoms with van der Waals surface area (Å²) in [6, 6.07) is 11.4. The first-order valence-electron chi connectivity index (χ1n) is 9.47. The Kier molecular flexibility index (Phi) is 5.37. The fraction of sp³-hybridized carbons (Fsp3) is 0.182. The Morgan fingerprint density at radius 3 is 2.63 bits per heavy atom. The lowest BCUT2D eigenvalue weighted by Crippen LogP contribution is -2.30. The molecule has 0 bridgehead atoms. The third kappa shape index (κ3) is 3.71. The SMILES string of the molecule is O=C(O)c1ccc2c(c1)C(=O)N(CCCCNc1ccnc3cc(Cl)ccc13)C2=O. The van der Waals surface area contributed by atoms with Crippen molar-refractivity contribution in [1.82, 2.24) is 9.88 Å². The number of aromatic nitrogens is 1. The van der Waals surface area contributed by atoms with Crippen LogP contribution in [-0.2, 0) is 0 Å². The first-order chi connectivity index (χ1) is 14.5. The van der Waals surface area contributed by atoms with Crippen LogP contribution < -0.4 is 5.32 Å². The number of carbonyl (C=O) groups excluding carboxylic acids is 2. The molecule has 30 heavy (non-hydrogen) atoms. The lowest BCUT2D eigenvalue weighted by atomic mass is 10.1.